The minimum Gasteiger partial charge on any atom is -0.391 e. The van der Waals surface area contributed by atoms with Crippen LogP contribution in [0.2, 0.25) is 0 Å². The van der Waals surface area contributed by atoms with Gasteiger partial charge in [-0.1, -0.05) is 6.42 Å². The van der Waals surface area contributed by atoms with E-state index in [2.05, 4.69) is 24.1 Å². The van der Waals surface area contributed by atoms with Gasteiger partial charge < -0.3 is 10.4 Å². The third kappa shape index (κ3) is 3.43. The van der Waals surface area contributed by atoms with E-state index in [1.807, 2.05) is 0 Å². The van der Waals surface area contributed by atoms with Crippen LogP contribution < -0.4 is 5.32 Å². The molecular formula is C14H28N2O. The fraction of sp³-hybridized carbons (Fsp3) is 1.00. The molecule has 0 spiro atoms. The van der Waals surface area contributed by atoms with Crippen LogP contribution >= 0.6 is 0 Å². The molecule has 2 rings (SSSR count). The first-order valence-corrected chi connectivity index (χ1v) is 7.35. The Balaban J connectivity index is 1.91. The van der Waals surface area contributed by atoms with Gasteiger partial charge in [0, 0.05) is 24.7 Å². The van der Waals surface area contributed by atoms with Crippen molar-refractivity contribution in [3.8, 4) is 0 Å². The lowest BCUT2D eigenvalue weighted by atomic mass is 10.0. The summed E-state index contributed by atoms with van der Waals surface area (Å²) in [6, 6.07) is 1.58. The Kier molecular flexibility index (Phi) is 4.83. The largest absolute Gasteiger partial charge is 0.391 e. The van der Waals surface area contributed by atoms with Gasteiger partial charge in [0.1, 0.15) is 0 Å². The smallest absolute Gasteiger partial charge is 0.0695 e. The van der Waals surface area contributed by atoms with Gasteiger partial charge in [0.25, 0.3) is 0 Å². The minimum absolute atomic E-state index is 0.0963. The van der Waals surface area contributed by atoms with E-state index in [-0.39, 0.29) is 6.10 Å². The zero-order valence-electron chi connectivity index (χ0n) is 11.4. The summed E-state index contributed by atoms with van der Waals surface area (Å²) in [5, 5.41) is 13.7. The number of aliphatic hydroxyl groups is 1. The highest BCUT2D eigenvalue weighted by Gasteiger charge is 2.33. The van der Waals surface area contributed by atoms with E-state index in [0.717, 1.165) is 13.0 Å². The molecule has 0 aromatic heterocycles. The SMILES string of the molecule is CC(C)N(CC1CCCCN1)C1CCCC1O. The van der Waals surface area contributed by atoms with E-state index in [4.69, 9.17) is 0 Å². The lowest BCUT2D eigenvalue weighted by molar-refractivity contribution is 0.0431. The number of hydrogen-bond donors (Lipinski definition) is 2. The molecule has 1 aliphatic carbocycles. The molecule has 1 saturated carbocycles. The van der Waals surface area contributed by atoms with Gasteiger partial charge >= 0.3 is 0 Å². The van der Waals surface area contributed by atoms with Crippen LogP contribution in [0.25, 0.3) is 0 Å². The average Bonchev–Trinajstić information content (AvgIpc) is 2.73. The van der Waals surface area contributed by atoms with Crippen molar-refractivity contribution in [1.29, 1.82) is 0 Å². The van der Waals surface area contributed by atoms with Crippen molar-refractivity contribution >= 4 is 0 Å². The highest BCUT2D eigenvalue weighted by Crippen LogP contribution is 2.26. The highest BCUT2D eigenvalue weighted by molar-refractivity contribution is 4.89. The number of piperidine rings is 1. The van der Waals surface area contributed by atoms with Gasteiger partial charge in [0.15, 0.2) is 0 Å². The molecule has 0 aromatic rings. The monoisotopic (exact) mass is 240 g/mol. The first kappa shape index (κ1) is 13.3. The molecule has 2 aliphatic rings. The number of rotatable bonds is 4. The number of aliphatic hydroxyl groups excluding tert-OH is 1. The van der Waals surface area contributed by atoms with E-state index in [9.17, 15) is 5.11 Å². The van der Waals surface area contributed by atoms with Crippen LogP contribution in [0.5, 0.6) is 0 Å². The first-order valence-electron chi connectivity index (χ1n) is 7.35. The van der Waals surface area contributed by atoms with Crippen molar-refractivity contribution in [3.05, 3.63) is 0 Å². The minimum atomic E-state index is -0.0963. The van der Waals surface area contributed by atoms with Gasteiger partial charge in [0.05, 0.1) is 6.10 Å². The fourth-order valence-electron chi connectivity index (χ4n) is 3.37. The number of nitrogens with zero attached hydrogens (tertiary/aromatic N) is 1. The summed E-state index contributed by atoms with van der Waals surface area (Å²) >= 11 is 0. The van der Waals surface area contributed by atoms with Crippen molar-refractivity contribution in [2.24, 2.45) is 0 Å². The Labute approximate surface area is 106 Å². The van der Waals surface area contributed by atoms with Crippen LogP contribution in [0.3, 0.4) is 0 Å². The van der Waals surface area contributed by atoms with E-state index < -0.39 is 0 Å². The van der Waals surface area contributed by atoms with Crippen LogP contribution in [-0.2, 0) is 0 Å². The van der Waals surface area contributed by atoms with Gasteiger partial charge in [-0.05, 0) is 52.5 Å². The van der Waals surface area contributed by atoms with Crippen LogP contribution in [0.15, 0.2) is 0 Å². The third-order valence-corrected chi connectivity index (χ3v) is 4.38. The Morgan fingerprint density at radius 3 is 2.53 bits per heavy atom. The molecule has 1 aliphatic heterocycles. The van der Waals surface area contributed by atoms with E-state index in [1.165, 1.54) is 38.6 Å². The van der Waals surface area contributed by atoms with Crippen molar-refractivity contribution in [2.75, 3.05) is 13.1 Å². The molecule has 3 unspecified atom stereocenters. The predicted molar refractivity (Wildman–Crippen MR) is 71.1 cm³/mol. The second-order valence-electron chi connectivity index (χ2n) is 6.00. The molecule has 100 valence electrons. The van der Waals surface area contributed by atoms with E-state index in [1.54, 1.807) is 0 Å². The summed E-state index contributed by atoms with van der Waals surface area (Å²) in [6.07, 6.45) is 7.24. The first-order chi connectivity index (χ1) is 8.18. The topological polar surface area (TPSA) is 35.5 Å². The molecular weight excluding hydrogens is 212 g/mol. The summed E-state index contributed by atoms with van der Waals surface area (Å²) in [6.45, 7) is 6.80. The molecule has 3 nitrogen and oxygen atoms in total. The average molecular weight is 240 g/mol. The maximum atomic E-state index is 10.1. The van der Waals surface area contributed by atoms with Gasteiger partial charge in [-0.3, -0.25) is 4.90 Å². The zero-order valence-corrected chi connectivity index (χ0v) is 11.4. The van der Waals surface area contributed by atoms with E-state index >= 15 is 0 Å². The Hall–Kier alpha value is -0.120. The number of nitrogens with one attached hydrogen (secondary N) is 1. The van der Waals surface area contributed by atoms with Crippen molar-refractivity contribution < 1.29 is 5.11 Å². The van der Waals surface area contributed by atoms with Gasteiger partial charge in [-0.15, -0.1) is 0 Å². The number of hydrogen-bond acceptors (Lipinski definition) is 3. The Morgan fingerprint density at radius 2 is 2.00 bits per heavy atom. The maximum Gasteiger partial charge on any atom is 0.0695 e. The molecule has 3 heteroatoms. The van der Waals surface area contributed by atoms with Crippen LogP contribution in [0.4, 0.5) is 0 Å². The lowest BCUT2D eigenvalue weighted by Crippen LogP contribution is -2.51. The summed E-state index contributed by atoms with van der Waals surface area (Å²) < 4.78 is 0. The standard InChI is InChI=1S/C14H28N2O/c1-11(2)16(13-7-5-8-14(13)17)10-12-6-3-4-9-15-12/h11-15,17H,3-10H2,1-2H3. The van der Waals surface area contributed by atoms with Crippen LogP contribution in [-0.4, -0.2) is 47.3 Å². The molecule has 0 amide bonds. The summed E-state index contributed by atoms with van der Waals surface area (Å²) in [7, 11) is 0. The maximum absolute atomic E-state index is 10.1. The lowest BCUT2D eigenvalue weighted by Gasteiger charge is -2.38. The summed E-state index contributed by atoms with van der Waals surface area (Å²) in [4.78, 5) is 2.53. The predicted octanol–water partition coefficient (Wildman–Crippen LogP) is 1.75. The fourth-order valence-corrected chi connectivity index (χ4v) is 3.37. The Morgan fingerprint density at radius 1 is 1.18 bits per heavy atom. The van der Waals surface area contributed by atoms with Gasteiger partial charge in [0.2, 0.25) is 0 Å². The second-order valence-corrected chi connectivity index (χ2v) is 6.00. The molecule has 3 atom stereocenters. The molecule has 2 N–H and O–H groups in total. The molecule has 1 saturated heterocycles. The zero-order chi connectivity index (χ0) is 12.3. The third-order valence-electron chi connectivity index (χ3n) is 4.38. The van der Waals surface area contributed by atoms with Crippen molar-refractivity contribution in [3.63, 3.8) is 0 Å². The van der Waals surface area contributed by atoms with Crippen LogP contribution in [0, 0.1) is 0 Å². The Bertz CT molecular complexity index is 226. The molecule has 0 radical (unpaired) electrons. The molecule has 0 aromatic carbocycles. The molecule has 2 fully saturated rings. The second kappa shape index (κ2) is 6.17. The van der Waals surface area contributed by atoms with Gasteiger partial charge in [-0.25, -0.2) is 0 Å². The quantitative estimate of drug-likeness (QED) is 0.786. The highest BCUT2D eigenvalue weighted by atomic mass is 16.3. The normalized spacial score (nSPS) is 34.8. The van der Waals surface area contributed by atoms with Gasteiger partial charge in [-0.2, -0.15) is 0 Å². The molecule has 17 heavy (non-hydrogen) atoms. The molecule has 1 heterocycles. The summed E-state index contributed by atoms with van der Waals surface area (Å²) in [5.74, 6) is 0. The summed E-state index contributed by atoms with van der Waals surface area (Å²) in [5.41, 5.74) is 0. The van der Waals surface area contributed by atoms with E-state index in [0.29, 0.717) is 18.1 Å². The molecule has 0 bridgehead atoms. The van der Waals surface area contributed by atoms with Crippen LogP contribution in [0.1, 0.15) is 52.4 Å². The van der Waals surface area contributed by atoms with Crippen molar-refractivity contribution in [2.45, 2.75) is 76.6 Å². The van der Waals surface area contributed by atoms with Crippen molar-refractivity contribution in [1.82, 2.24) is 10.2 Å².